The third-order valence-electron chi connectivity index (χ3n) is 3.23. The third kappa shape index (κ3) is 4.43. The Balaban J connectivity index is 2.01. The summed E-state index contributed by atoms with van der Waals surface area (Å²) in [5.74, 6) is 0. The van der Waals surface area contributed by atoms with E-state index in [-0.39, 0.29) is 6.04 Å². The van der Waals surface area contributed by atoms with Crippen LogP contribution in [0.25, 0.3) is 0 Å². The Morgan fingerprint density at radius 1 is 1.19 bits per heavy atom. The zero-order chi connectivity index (χ0) is 15.4. The minimum Gasteiger partial charge on any atom is -0.356 e. The zero-order valence-electron chi connectivity index (χ0n) is 11.8. The lowest BCUT2D eigenvalue weighted by atomic mass is 10.1. The fourth-order valence-electron chi connectivity index (χ4n) is 1.93. The van der Waals surface area contributed by atoms with Crippen LogP contribution in [0.5, 0.6) is 0 Å². The smallest absolute Gasteiger partial charge is 0.171 e. The summed E-state index contributed by atoms with van der Waals surface area (Å²) in [4.78, 5) is 0. The summed E-state index contributed by atoms with van der Waals surface area (Å²) < 4.78 is 1.06. The SMILES string of the molecule is Cc1c(Cl)cccc1NC(=S)N[C@@H](C)c1ccc(Br)cc1. The number of rotatable bonds is 3. The maximum absolute atomic E-state index is 6.11. The number of hydrogen-bond donors (Lipinski definition) is 2. The van der Waals surface area contributed by atoms with E-state index in [0.29, 0.717) is 5.11 Å². The summed E-state index contributed by atoms with van der Waals surface area (Å²) in [5.41, 5.74) is 3.08. The van der Waals surface area contributed by atoms with Crippen molar-refractivity contribution < 1.29 is 0 Å². The van der Waals surface area contributed by atoms with E-state index in [9.17, 15) is 0 Å². The summed E-state index contributed by atoms with van der Waals surface area (Å²) in [5, 5.41) is 7.77. The normalized spacial score (nSPS) is 11.8. The highest BCUT2D eigenvalue weighted by Crippen LogP contribution is 2.23. The first-order valence-electron chi connectivity index (χ1n) is 6.55. The highest BCUT2D eigenvalue weighted by atomic mass is 79.9. The summed E-state index contributed by atoms with van der Waals surface area (Å²) in [6.45, 7) is 4.04. The Bertz CT molecular complexity index is 643. The van der Waals surface area contributed by atoms with Gasteiger partial charge in [-0.25, -0.2) is 0 Å². The van der Waals surface area contributed by atoms with Gasteiger partial charge in [-0.2, -0.15) is 0 Å². The van der Waals surface area contributed by atoms with Gasteiger partial charge in [0, 0.05) is 15.2 Å². The van der Waals surface area contributed by atoms with Crippen molar-refractivity contribution in [2.24, 2.45) is 0 Å². The number of benzene rings is 2. The first-order valence-corrected chi connectivity index (χ1v) is 8.13. The van der Waals surface area contributed by atoms with Gasteiger partial charge < -0.3 is 10.6 Å². The number of anilines is 1. The van der Waals surface area contributed by atoms with Gasteiger partial charge in [0.2, 0.25) is 0 Å². The molecule has 0 aromatic heterocycles. The summed E-state index contributed by atoms with van der Waals surface area (Å²) in [6.07, 6.45) is 0. The van der Waals surface area contributed by atoms with Crippen LogP contribution < -0.4 is 10.6 Å². The van der Waals surface area contributed by atoms with Gasteiger partial charge in [0.05, 0.1) is 6.04 Å². The molecule has 0 radical (unpaired) electrons. The van der Waals surface area contributed by atoms with Crippen LogP contribution in [0.3, 0.4) is 0 Å². The lowest BCUT2D eigenvalue weighted by Crippen LogP contribution is -2.31. The fourth-order valence-corrected chi connectivity index (χ4v) is 2.66. The van der Waals surface area contributed by atoms with Crippen molar-refractivity contribution in [3.05, 3.63) is 63.1 Å². The van der Waals surface area contributed by atoms with Crippen molar-refractivity contribution in [3.8, 4) is 0 Å². The van der Waals surface area contributed by atoms with E-state index in [0.717, 1.165) is 20.7 Å². The Kier molecular flexibility index (Phi) is 5.62. The standard InChI is InChI=1S/C16H16BrClN2S/c1-10-14(18)4-3-5-15(10)20-16(21)19-11(2)12-6-8-13(17)9-7-12/h3-9,11H,1-2H3,(H2,19,20,21)/t11-/m0/s1. The Morgan fingerprint density at radius 2 is 1.86 bits per heavy atom. The minimum atomic E-state index is 0.123. The molecule has 21 heavy (non-hydrogen) atoms. The van der Waals surface area contributed by atoms with Crippen LogP contribution in [0.1, 0.15) is 24.1 Å². The molecule has 0 unspecified atom stereocenters. The second kappa shape index (κ2) is 7.25. The molecule has 2 aromatic rings. The van der Waals surface area contributed by atoms with Gasteiger partial charge in [-0.3, -0.25) is 0 Å². The van der Waals surface area contributed by atoms with Crippen molar-refractivity contribution in [2.75, 3.05) is 5.32 Å². The molecule has 2 nitrogen and oxygen atoms in total. The molecule has 110 valence electrons. The first-order chi connectivity index (χ1) is 9.97. The summed E-state index contributed by atoms with van der Waals surface area (Å²) in [6, 6.07) is 14.0. The average Bonchev–Trinajstić information content (AvgIpc) is 2.44. The number of hydrogen-bond acceptors (Lipinski definition) is 1. The highest BCUT2D eigenvalue weighted by Gasteiger charge is 2.08. The van der Waals surface area contributed by atoms with Gasteiger partial charge in [0.25, 0.3) is 0 Å². The van der Waals surface area contributed by atoms with Gasteiger partial charge in [-0.1, -0.05) is 45.7 Å². The molecule has 0 amide bonds. The minimum absolute atomic E-state index is 0.123. The molecule has 2 aromatic carbocycles. The molecule has 0 fully saturated rings. The molecule has 0 aliphatic rings. The van der Waals surface area contributed by atoms with E-state index in [2.05, 4.69) is 45.6 Å². The van der Waals surface area contributed by atoms with E-state index in [1.807, 2.05) is 37.3 Å². The molecule has 0 heterocycles. The molecule has 0 aliphatic heterocycles. The van der Waals surface area contributed by atoms with E-state index >= 15 is 0 Å². The topological polar surface area (TPSA) is 24.1 Å². The van der Waals surface area contributed by atoms with E-state index < -0.39 is 0 Å². The lowest BCUT2D eigenvalue weighted by Gasteiger charge is -2.18. The van der Waals surface area contributed by atoms with Gasteiger partial charge in [0.15, 0.2) is 5.11 Å². The van der Waals surface area contributed by atoms with Crippen LogP contribution in [0, 0.1) is 6.92 Å². The largest absolute Gasteiger partial charge is 0.356 e. The second-order valence-electron chi connectivity index (χ2n) is 4.78. The van der Waals surface area contributed by atoms with E-state index in [1.165, 1.54) is 5.56 Å². The predicted molar refractivity (Wildman–Crippen MR) is 98.1 cm³/mol. The third-order valence-corrected chi connectivity index (χ3v) is 4.39. The Labute approximate surface area is 144 Å². The first kappa shape index (κ1) is 16.3. The molecule has 0 aliphatic carbocycles. The van der Waals surface area contributed by atoms with Crippen molar-refractivity contribution in [1.29, 1.82) is 0 Å². The number of thiocarbonyl (C=S) groups is 1. The molecular weight excluding hydrogens is 368 g/mol. The number of nitrogens with one attached hydrogen (secondary N) is 2. The average molecular weight is 384 g/mol. The van der Waals surface area contributed by atoms with Gasteiger partial charge >= 0.3 is 0 Å². The Morgan fingerprint density at radius 3 is 2.52 bits per heavy atom. The molecule has 0 saturated carbocycles. The lowest BCUT2D eigenvalue weighted by molar-refractivity contribution is 0.722. The van der Waals surface area contributed by atoms with Gasteiger partial charge in [0.1, 0.15) is 0 Å². The maximum atomic E-state index is 6.11. The van der Waals surface area contributed by atoms with Crippen LogP contribution in [0.15, 0.2) is 46.9 Å². The van der Waals surface area contributed by atoms with Crippen LogP contribution in [-0.4, -0.2) is 5.11 Å². The molecule has 0 saturated heterocycles. The quantitative estimate of drug-likeness (QED) is 0.688. The zero-order valence-corrected chi connectivity index (χ0v) is 14.9. The van der Waals surface area contributed by atoms with Crippen LogP contribution in [0.2, 0.25) is 5.02 Å². The fraction of sp³-hybridized carbons (Fsp3) is 0.188. The second-order valence-corrected chi connectivity index (χ2v) is 6.52. The molecule has 2 N–H and O–H groups in total. The monoisotopic (exact) mass is 382 g/mol. The van der Waals surface area contributed by atoms with E-state index in [4.69, 9.17) is 23.8 Å². The maximum Gasteiger partial charge on any atom is 0.171 e. The van der Waals surface area contributed by atoms with E-state index in [1.54, 1.807) is 0 Å². The number of halogens is 2. The van der Waals surface area contributed by atoms with Crippen molar-refractivity contribution >= 4 is 50.5 Å². The van der Waals surface area contributed by atoms with Crippen molar-refractivity contribution in [2.45, 2.75) is 19.9 Å². The van der Waals surface area contributed by atoms with Gasteiger partial charge in [-0.15, -0.1) is 0 Å². The van der Waals surface area contributed by atoms with Crippen molar-refractivity contribution in [1.82, 2.24) is 5.32 Å². The molecule has 0 bridgehead atoms. The van der Waals surface area contributed by atoms with Crippen LogP contribution in [0.4, 0.5) is 5.69 Å². The Hall–Kier alpha value is -1.10. The van der Waals surface area contributed by atoms with Gasteiger partial charge in [-0.05, 0) is 61.5 Å². The molecule has 2 rings (SSSR count). The van der Waals surface area contributed by atoms with Crippen molar-refractivity contribution in [3.63, 3.8) is 0 Å². The highest BCUT2D eigenvalue weighted by molar-refractivity contribution is 9.10. The molecule has 5 heteroatoms. The van der Waals surface area contributed by atoms with Crippen LogP contribution in [-0.2, 0) is 0 Å². The molecular formula is C16H16BrClN2S. The summed E-state index contributed by atoms with van der Waals surface area (Å²) in [7, 11) is 0. The van der Waals surface area contributed by atoms with Crippen LogP contribution >= 0.6 is 39.7 Å². The summed E-state index contributed by atoms with van der Waals surface area (Å²) >= 11 is 14.9. The predicted octanol–water partition coefficient (Wildman–Crippen LogP) is 5.46. The molecule has 0 spiro atoms. The molecule has 1 atom stereocenters.